The van der Waals surface area contributed by atoms with Gasteiger partial charge in [-0.15, -0.1) is 0 Å². The van der Waals surface area contributed by atoms with Crippen LogP contribution < -0.4 is 10.0 Å². The average molecular weight is 291 g/mol. The first-order valence-corrected chi connectivity index (χ1v) is 8.67. The molecule has 1 aliphatic rings. The van der Waals surface area contributed by atoms with E-state index in [1.807, 2.05) is 7.05 Å². The van der Waals surface area contributed by atoms with Crippen LogP contribution in [0.2, 0.25) is 0 Å². The van der Waals surface area contributed by atoms with Gasteiger partial charge < -0.3 is 5.32 Å². The third kappa shape index (κ3) is 5.02. The molecule has 0 spiro atoms. The molecule has 114 valence electrons. The number of piperidine rings is 1. The fourth-order valence-corrected chi connectivity index (χ4v) is 3.91. The molecule has 0 radical (unpaired) electrons. The normalized spacial score (nSPS) is 22.6. The summed E-state index contributed by atoms with van der Waals surface area (Å²) >= 11 is 0. The SMILES string of the molecule is CCC(C)(C)CNS(=O)(=O)N1CCCCC1CNC. The summed E-state index contributed by atoms with van der Waals surface area (Å²) in [6.45, 7) is 8.09. The van der Waals surface area contributed by atoms with Crippen LogP contribution in [-0.2, 0) is 10.2 Å². The van der Waals surface area contributed by atoms with Gasteiger partial charge in [0.1, 0.15) is 0 Å². The highest BCUT2D eigenvalue weighted by Gasteiger charge is 2.32. The molecule has 2 N–H and O–H groups in total. The highest BCUT2D eigenvalue weighted by Crippen LogP contribution is 2.22. The number of nitrogens with one attached hydrogen (secondary N) is 2. The van der Waals surface area contributed by atoms with E-state index in [4.69, 9.17) is 0 Å². The minimum absolute atomic E-state index is 0.00135. The molecule has 0 saturated carbocycles. The zero-order chi connectivity index (χ0) is 14.5. The molecule has 1 fully saturated rings. The molecule has 1 unspecified atom stereocenters. The van der Waals surface area contributed by atoms with Gasteiger partial charge in [0.05, 0.1) is 0 Å². The highest BCUT2D eigenvalue weighted by atomic mass is 32.2. The van der Waals surface area contributed by atoms with Crippen molar-refractivity contribution < 1.29 is 8.42 Å². The molecule has 0 aromatic rings. The van der Waals surface area contributed by atoms with Crippen LogP contribution in [0.25, 0.3) is 0 Å². The molecule has 1 heterocycles. The summed E-state index contributed by atoms with van der Waals surface area (Å²) in [4.78, 5) is 0. The van der Waals surface area contributed by atoms with Crippen molar-refractivity contribution >= 4 is 10.2 Å². The van der Waals surface area contributed by atoms with Crippen molar-refractivity contribution in [3.05, 3.63) is 0 Å². The first-order chi connectivity index (χ1) is 8.82. The molecule has 0 bridgehead atoms. The van der Waals surface area contributed by atoms with Crippen molar-refractivity contribution in [1.29, 1.82) is 0 Å². The van der Waals surface area contributed by atoms with Crippen LogP contribution in [0.4, 0.5) is 0 Å². The van der Waals surface area contributed by atoms with Gasteiger partial charge in [0.15, 0.2) is 0 Å². The Morgan fingerprint density at radius 3 is 2.58 bits per heavy atom. The van der Waals surface area contributed by atoms with E-state index in [1.54, 1.807) is 4.31 Å². The maximum atomic E-state index is 12.4. The summed E-state index contributed by atoms with van der Waals surface area (Å²) in [6.07, 6.45) is 3.96. The summed E-state index contributed by atoms with van der Waals surface area (Å²) in [7, 11) is -1.49. The van der Waals surface area contributed by atoms with Crippen molar-refractivity contribution in [3.63, 3.8) is 0 Å². The van der Waals surface area contributed by atoms with Gasteiger partial charge >= 0.3 is 0 Å². The van der Waals surface area contributed by atoms with Crippen LogP contribution in [0.5, 0.6) is 0 Å². The molecule has 0 aliphatic carbocycles. The van der Waals surface area contributed by atoms with Gasteiger partial charge in [-0.25, -0.2) is 4.72 Å². The largest absolute Gasteiger partial charge is 0.318 e. The van der Waals surface area contributed by atoms with Gasteiger partial charge in [0.2, 0.25) is 0 Å². The van der Waals surface area contributed by atoms with Crippen LogP contribution in [0.3, 0.4) is 0 Å². The molecule has 0 amide bonds. The lowest BCUT2D eigenvalue weighted by Crippen LogP contribution is -2.53. The molecule has 1 atom stereocenters. The van der Waals surface area contributed by atoms with Gasteiger partial charge in [0, 0.05) is 25.7 Å². The van der Waals surface area contributed by atoms with Gasteiger partial charge in [-0.1, -0.05) is 27.2 Å². The summed E-state index contributed by atoms with van der Waals surface area (Å²) in [5.74, 6) is 0. The molecule has 0 aromatic carbocycles. The van der Waals surface area contributed by atoms with Gasteiger partial charge in [0.25, 0.3) is 10.2 Å². The van der Waals surface area contributed by atoms with Crippen molar-refractivity contribution in [2.24, 2.45) is 5.41 Å². The van der Waals surface area contributed by atoms with E-state index < -0.39 is 10.2 Å². The molecule has 19 heavy (non-hydrogen) atoms. The van der Waals surface area contributed by atoms with Crippen LogP contribution >= 0.6 is 0 Å². The molecular weight excluding hydrogens is 262 g/mol. The summed E-state index contributed by atoms with van der Waals surface area (Å²) in [5.41, 5.74) is 0.00135. The second-order valence-corrected chi connectivity index (χ2v) is 7.87. The Kier molecular flexibility index (Phi) is 6.23. The van der Waals surface area contributed by atoms with E-state index >= 15 is 0 Å². The Hall–Kier alpha value is -0.170. The molecule has 6 heteroatoms. The third-order valence-corrected chi connectivity index (χ3v) is 5.62. The summed E-state index contributed by atoms with van der Waals surface area (Å²) in [5, 5.41) is 3.09. The Morgan fingerprint density at radius 2 is 2.00 bits per heavy atom. The Bertz CT molecular complexity index is 366. The molecule has 1 saturated heterocycles. The minimum atomic E-state index is -3.35. The fraction of sp³-hybridized carbons (Fsp3) is 1.00. The van der Waals surface area contributed by atoms with Gasteiger partial charge in [-0.05, 0) is 31.7 Å². The van der Waals surface area contributed by atoms with E-state index in [2.05, 4.69) is 30.8 Å². The maximum Gasteiger partial charge on any atom is 0.279 e. The predicted molar refractivity (Wildman–Crippen MR) is 79.3 cm³/mol. The Labute approximate surface area is 118 Å². The quantitative estimate of drug-likeness (QED) is 0.744. The standard InChI is InChI=1S/C13H29N3O2S/c1-5-13(2,3)11-15-19(17,18)16-9-7-6-8-12(16)10-14-4/h12,14-15H,5-11H2,1-4H3. The lowest BCUT2D eigenvalue weighted by Gasteiger charge is -2.35. The fourth-order valence-electron chi connectivity index (χ4n) is 2.22. The monoisotopic (exact) mass is 291 g/mol. The van der Waals surface area contributed by atoms with Gasteiger partial charge in [-0.2, -0.15) is 12.7 Å². The van der Waals surface area contributed by atoms with Crippen molar-refractivity contribution in [2.45, 2.75) is 52.5 Å². The van der Waals surface area contributed by atoms with Crippen LogP contribution in [0, 0.1) is 5.41 Å². The van der Waals surface area contributed by atoms with Crippen molar-refractivity contribution in [1.82, 2.24) is 14.3 Å². The zero-order valence-electron chi connectivity index (χ0n) is 12.7. The molecule has 0 aromatic heterocycles. The van der Waals surface area contributed by atoms with Gasteiger partial charge in [-0.3, -0.25) is 0 Å². The van der Waals surface area contributed by atoms with E-state index in [0.717, 1.165) is 32.2 Å². The zero-order valence-corrected chi connectivity index (χ0v) is 13.5. The number of hydrogen-bond donors (Lipinski definition) is 2. The highest BCUT2D eigenvalue weighted by molar-refractivity contribution is 7.87. The number of likely N-dealkylation sites (N-methyl/N-ethyl adjacent to an activating group) is 1. The van der Waals surface area contributed by atoms with E-state index in [-0.39, 0.29) is 11.5 Å². The Balaban J connectivity index is 2.68. The lowest BCUT2D eigenvalue weighted by molar-refractivity contribution is 0.242. The maximum absolute atomic E-state index is 12.4. The molecular formula is C13H29N3O2S. The van der Waals surface area contributed by atoms with E-state index in [9.17, 15) is 8.42 Å². The molecule has 5 nitrogen and oxygen atoms in total. The molecule has 1 aliphatic heterocycles. The smallest absolute Gasteiger partial charge is 0.279 e. The first-order valence-electron chi connectivity index (χ1n) is 7.23. The van der Waals surface area contributed by atoms with Crippen LogP contribution in [0.15, 0.2) is 0 Å². The number of hydrogen-bond acceptors (Lipinski definition) is 3. The third-order valence-electron chi connectivity index (χ3n) is 4.01. The van der Waals surface area contributed by atoms with Crippen molar-refractivity contribution in [2.75, 3.05) is 26.7 Å². The predicted octanol–water partition coefficient (Wildman–Crippen LogP) is 1.33. The van der Waals surface area contributed by atoms with E-state index in [0.29, 0.717) is 13.1 Å². The number of rotatable bonds is 7. The van der Waals surface area contributed by atoms with E-state index in [1.165, 1.54) is 0 Å². The van der Waals surface area contributed by atoms with Crippen LogP contribution in [-0.4, -0.2) is 45.4 Å². The van der Waals surface area contributed by atoms with Crippen molar-refractivity contribution in [3.8, 4) is 0 Å². The second-order valence-electron chi connectivity index (χ2n) is 6.16. The number of nitrogens with zero attached hydrogens (tertiary/aromatic N) is 1. The lowest BCUT2D eigenvalue weighted by atomic mass is 9.91. The topological polar surface area (TPSA) is 61.4 Å². The summed E-state index contributed by atoms with van der Waals surface area (Å²) in [6, 6.07) is 0.0842. The average Bonchev–Trinajstić information content (AvgIpc) is 2.38. The Morgan fingerprint density at radius 1 is 1.32 bits per heavy atom. The first kappa shape index (κ1) is 16.9. The second kappa shape index (κ2) is 7.02. The minimum Gasteiger partial charge on any atom is -0.318 e. The summed E-state index contributed by atoms with van der Waals surface area (Å²) < 4.78 is 29.3. The molecule has 1 rings (SSSR count). The van der Waals surface area contributed by atoms with Crippen LogP contribution in [0.1, 0.15) is 46.5 Å².